The predicted octanol–water partition coefficient (Wildman–Crippen LogP) is 3.80. The first-order chi connectivity index (χ1) is 13.6. The minimum atomic E-state index is -3.31. The van der Waals surface area contributed by atoms with Crippen LogP contribution in [0.25, 0.3) is 0 Å². The van der Waals surface area contributed by atoms with Crippen molar-refractivity contribution in [3.63, 3.8) is 0 Å². The summed E-state index contributed by atoms with van der Waals surface area (Å²) < 4.78 is 35.6. The van der Waals surface area contributed by atoms with Crippen molar-refractivity contribution in [1.29, 1.82) is 0 Å². The summed E-state index contributed by atoms with van der Waals surface area (Å²) in [6.07, 6.45) is 1.17. The summed E-state index contributed by atoms with van der Waals surface area (Å²) in [6, 6.07) is 4.70. The number of nitrogens with one attached hydrogen (secondary N) is 1. The topological polar surface area (TPSA) is 102 Å². The van der Waals surface area contributed by atoms with Crippen LogP contribution in [0.4, 0.5) is 0 Å². The predicted molar refractivity (Wildman–Crippen MR) is 117 cm³/mol. The van der Waals surface area contributed by atoms with Crippen molar-refractivity contribution in [2.75, 3.05) is 25.7 Å². The Labute approximate surface area is 183 Å². The van der Waals surface area contributed by atoms with E-state index in [1.165, 1.54) is 24.7 Å². The van der Waals surface area contributed by atoms with Gasteiger partial charge in [0, 0.05) is 33.8 Å². The van der Waals surface area contributed by atoms with Gasteiger partial charge in [0.15, 0.2) is 11.5 Å². The fourth-order valence-electron chi connectivity index (χ4n) is 2.88. The van der Waals surface area contributed by atoms with E-state index in [1.54, 1.807) is 18.2 Å². The summed E-state index contributed by atoms with van der Waals surface area (Å²) in [5.41, 5.74) is 1.30. The number of hydrogen-bond donors (Lipinski definition) is 2. The molecule has 1 aromatic heterocycles. The van der Waals surface area contributed by atoms with Gasteiger partial charge < -0.3 is 19.9 Å². The van der Waals surface area contributed by atoms with Gasteiger partial charge in [-0.25, -0.2) is 13.2 Å². The molecule has 2 N–H and O–H groups in total. The van der Waals surface area contributed by atoms with Gasteiger partial charge in [-0.2, -0.15) is 0 Å². The van der Waals surface area contributed by atoms with Gasteiger partial charge in [0.2, 0.25) is 0 Å². The smallest absolute Gasteiger partial charge is 0.346 e. The van der Waals surface area contributed by atoms with Gasteiger partial charge in [-0.3, -0.25) is 0 Å². The number of hydrogen-bond acceptors (Lipinski definition) is 7. The highest BCUT2D eigenvalue weighted by atomic mass is 79.9. The van der Waals surface area contributed by atoms with Gasteiger partial charge in [0.05, 0.1) is 19.5 Å². The number of benzene rings is 1. The number of aromatic carboxylic acids is 1. The van der Waals surface area contributed by atoms with E-state index in [-0.39, 0.29) is 17.2 Å². The summed E-state index contributed by atoms with van der Waals surface area (Å²) in [4.78, 5) is 12.6. The van der Waals surface area contributed by atoms with Crippen molar-refractivity contribution in [3.8, 4) is 11.5 Å². The summed E-state index contributed by atoms with van der Waals surface area (Å²) >= 11 is 4.62. The normalized spacial score (nSPS) is 12.6. The fourth-order valence-corrected chi connectivity index (χ4v) is 5.41. The molecule has 10 heteroatoms. The number of aryl methyl sites for hydroxylation is 1. The monoisotopic (exact) mass is 505 g/mol. The third-order valence-electron chi connectivity index (χ3n) is 4.18. The zero-order chi connectivity index (χ0) is 21.8. The Bertz CT molecular complexity index is 987. The quantitative estimate of drug-likeness (QED) is 0.506. The van der Waals surface area contributed by atoms with Crippen LogP contribution in [0.2, 0.25) is 0 Å². The van der Waals surface area contributed by atoms with Crippen molar-refractivity contribution in [1.82, 2.24) is 5.32 Å². The molecular formula is C19H24BrNO6S2. The largest absolute Gasteiger partial charge is 0.493 e. The van der Waals surface area contributed by atoms with Gasteiger partial charge in [-0.05, 0) is 47.5 Å². The molecule has 0 amide bonds. The van der Waals surface area contributed by atoms with Crippen LogP contribution in [-0.2, 0) is 16.4 Å². The third kappa shape index (κ3) is 6.18. The molecule has 1 atom stereocenters. The second-order valence-electron chi connectivity index (χ2n) is 6.45. The lowest BCUT2D eigenvalue weighted by atomic mass is 10.1. The fraction of sp³-hybridized carbons (Fsp3) is 0.421. The van der Waals surface area contributed by atoms with Gasteiger partial charge in [-0.1, -0.05) is 6.07 Å². The molecule has 1 aromatic carbocycles. The molecule has 160 valence electrons. The average molecular weight is 506 g/mol. The number of sulfone groups is 1. The van der Waals surface area contributed by atoms with Gasteiger partial charge >= 0.3 is 5.97 Å². The van der Waals surface area contributed by atoms with Crippen molar-refractivity contribution >= 4 is 43.1 Å². The molecule has 0 spiro atoms. The number of methoxy groups -OCH3 is 1. The Morgan fingerprint density at radius 1 is 1.34 bits per heavy atom. The number of ether oxygens (including phenoxy) is 2. The second kappa shape index (κ2) is 9.92. The first kappa shape index (κ1) is 23.7. The van der Waals surface area contributed by atoms with Crippen LogP contribution in [0.3, 0.4) is 0 Å². The summed E-state index contributed by atoms with van der Waals surface area (Å²) in [7, 11) is -1.77. The maximum atomic E-state index is 12.0. The van der Waals surface area contributed by atoms with Crippen LogP contribution < -0.4 is 14.8 Å². The molecule has 0 fully saturated rings. The summed E-state index contributed by atoms with van der Waals surface area (Å²) in [5.74, 6) is -0.0818. The number of carboxylic acids is 1. The zero-order valence-electron chi connectivity index (χ0n) is 16.6. The minimum absolute atomic E-state index is 0.145. The Morgan fingerprint density at radius 2 is 2.03 bits per heavy atom. The Balaban J connectivity index is 2.38. The lowest BCUT2D eigenvalue weighted by Gasteiger charge is -2.20. The summed E-state index contributed by atoms with van der Waals surface area (Å²) in [5, 5.41) is 12.7. The van der Waals surface area contributed by atoms with Crippen molar-refractivity contribution in [2.24, 2.45) is 0 Å². The van der Waals surface area contributed by atoms with E-state index in [0.717, 1.165) is 9.35 Å². The highest BCUT2D eigenvalue weighted by Crippen LogP contribution is 2.34. The average Bonchev–Trinajstić information content (AvgIpc) is 2.93. The molecule has 0 aliphatic heterocycles. The van der Waals surface area contributed by atoms with Gasteiger partial charge in [0.1, 0.15) is 14.7 Å². The van der Waals surface area contributed by atoms with E-state index < -0.39 is 21.8 Å². The van der Waals surface area contributed by atoms with Crippen LogP contribution in [0.5, 0.6) is 11.5 Å². The standard InChI is InChI=1S/C19H24BrNO6S2/c1-5-27-16-8-12(6-7-15(16)26-3)14(10-29(4,24)25)21-9-13-17(20)11(2)28-18(13)19(22)23/h6-8,14,21H,5,9-10H2,1-4H3,(H,22,23). The van der Waals surface area contributed by atoms with E-state index in [1.807, 2.05) is 13.8 Å². The number of rotatable bonds is 10. The zero-order valence-corrected chi connectivity index (χ0v) is 19.8. The minimum Gasteiger partial charge on any atom is -0.493 e. The van der Waals surface area contributed by atoms with Crippen LogP contribution in [-0.4, -0.2) is 45.2 Å². The molecular weight excluding hydrogens is 482 g/mol. The molecule has 2 rings (SSSR count). The lowest BCUT2D eigenvalue weighted by molar-refractivity contribution is 0.0700. The second-order valence-corrected chi connectivity index (χ2v) is 10.7. The molecule has 1 heterocycles. The van der Waals surface area contributed by atoms with Crippen molar-refractivity contribution in [2.45, 2.75) is 26.4 Å². The van der Waals surface area contributed by atoms with Crippen molar-refractivity contribution in [3.05, 3.63) is 43.6 Å². The maximum absolute atomic E-state index is 12.0. The Kier molecular flexibility index (Phi) is 8.10. The van der Waals surface area contributed by atoms with Gasteiger partial charge in [0.25, 0.3) is 0 Å². The van der Waals surface area contributed by atoms with E-state index in [4.69, 9.17) is 9.47 Å². The number of carbonyl (C=O) groups is 1. The molecule has 7 nitrogen and oxygen atoms in total. The molecule has 2 aromatic rings. The molecule has 29 heavy (non-hydrogen) atoms. The molecule has 0 aliphatic carbocycles. The molecule has 0 radical (unpaired) electrons. The van der Waals surface area contributed by atoms with Crippen LogP contribution in [0.1, 0.15) is 38.6 Å². The van der Waals surface area contributed by atoms with Gasteiger partial charge in [-0.15, -0.1) is 11.3 Å². The van der Waals surface area contributed by atoms with E-state index in [9.17, 15) is 18.3 Å². The molecule has 0 saturated carbocycles. The highest BCUT2D eigenvalue weighted by molar-refractivity contribution is 9.10. The van der Waals surface area contributed by atoms with E-state index in [2.05, 4.69) is 21.2 Å². The maximum Gasteiger partial charge on any atom is 0.346 e. The SMILES string of the molecule is CCOc1cc(C(CS(C)(=O)=O)NCc2c(C(=O)O)sc(C)c2Br)ccc1OC. The molecule has 0 saturated heterocycles. The highest BCUT2D eigenvalue weighted by Gasteiger charge is 2.23. The summed E-state index contributed by atoms with van der Waals surface area (Å²) in [6.45, 7) is 4.31. The molecule has 0 bridgehead atoms. The number of thiophene rings is 1. The Morgan fingerprint density at radius 3 is 2.59 bits per heavy atom. The van der Waals surface area contributed by atoms with Crippen molar-refractivity contribution < 1.29 is 27.8 Å². The van der Waals surface area contributed by atoms with E-state index >= 15 is 0 Å². The molecule has 0 aliphatic rings. The molecule has 1 unspecified atom stereocenters. The number of carboxylic acid groups (broad SMARTS) is 1. The first-order valence-corrected chi connectivity index (χ1v) is 12.5. The number of halogens is 1. The van der Waals surface area contributed by atoms with Crippen LogP contribution in [0.15, 0.2) is 22.7 Å². The van der Waals surface area contributed by atoms with Crippen LogP contribution >= 0.6 is 27.3 Å². The first-order valence-electron chi connectivity index (χ1n) is 8.80. The Hall–Kier alpha value is -1.62. The van der Waals surface area contributed by atoms with E-state index in [0.29, 0.717) is 29.2 Å². The lowest BCUT2D eigenvalue weighted by Crippen LogP contribution is -2.28. The van der Waals surface area contributed by atoms with Crippen LogP contribution in [0, 0.1) is 6.92 Å². The third-order valence-corrected chi connectivity index (χ3v) is 7.59.